The molecule has 1 aromatic rings. The Balaban J connectivity index is 2.89. The van der Waals surface area contributed by atoms with Crippen LogP contribution in [0.2, 0.25) is 0 Å². The summed E-state index contributed by atoms with van der Waals surface area (Å²) in [5, 5.41) is 11.7. The van der Waals surface area contributed by atoms with Gasteiger partial charge in [0.1, 0.15) is 0 Å². The highest BCUT2D eigenvalue weighted by Gasteiger charge is 2.13. The lowest BCUT2D eigenvalue weighted by Crippen LogP contribution is -2.06. The Labute approximate surface area is 91.1 Å². The molecule has 0 atom stereocenters. The van der Waals surface area contributed by atoms with E-state index in [-0.39, 0.29) is 12.3 Å². The van der Waals surface area contributed by atoms with E-state index >= 15 is 0 Å². The summed E-state index contributed by atoms with van der Waals surface area (Å²) >= 11 is 1.32. The first-order valence-electron chi connectivity index (χ1n) is 4.51. The number of thiazole rings is 1. The maximum absolute atomic E-state index is 10.8. The number of carbonyl (C=O) groups is 2. The molecule has 0 aliphatic carbocycles. The molecule has 1 aromatic heterocycles. The van der Waals surface area contributed by atoms with Crippen LogP contribution in [0.25, 0.3) is 0 Å². The van der Waals surface area contributed by atoms with Crippen LogP contribution in [0.3, 0.4) is 0 Å². The van der Waals surface area contributed by atoms with Crippen LogP contribution in [-0.4, -0.2) is 22.0 Å². The quantitative estimate of drug-likeness (QED) is 0.813. The van der Waals surface area contributed by atoms with Crippen molar-refractivity contribution in [1.82, 2.24) is 4.98 Å². The largest absolute Gasteiger partial charge is 0.481 e. The van der Waals surface area contributed by atoms with Gasteiger partial charge in [0, 0.05) is 11.8 Å². The van der Waals surface area contributed by atoms with Gasteiger partial charge in [0.25, 0.3) is 0 Å². The maximum atomic E-state index is 10.8. The maximum Gasteiger partial charge on any atom is 0.309 e. The Bertz CT molecular complexity index is 387. The fourth-order valence-electron chi connectivity index (χ4n) is 1.14. The number of amides is 1. The Morgan fingerprint density at radius 2 is 2.20 bits per heavy atom. The molecule has 0 aliphatic rings. The highest BCUT2D eigenvalue weighted by Crippen LogP contribution is 2.23. The molecule has 5 nitrogen and oxygen atoms in total. The number of aliphatic carboxylic acids is 1. The molecule has 0 fully saturated rings. The molecule has 2 N–H and O–H groups in total. The van der Waals surface area contributed by atoms with Crippen LogP contribution in [0.4, 0.5) is 5.13 Å². The highest BCUT2D eigenvalue weighted by molar-refractivity contribution is 7.15. The van der Waals surface area contributed by atoms with Crippen LogP contribution in [0.5, 0.6) is 0 Å². The van der Waals surface area contributed by atoms with Crippen LogP contribution >= 0.6 is 11.3 Å². The molecular formula is C9H12N2O3S. The molecule has 82 valence electrons. The minimum absolute atomic E-state index is 0.0980. The summed E-state index contributed by atoms with van der Waals surface area (Å²) in [6.07, 6.45) is 0.624. The van der Waals surface area contributed by atoms with Crippen LogP contribution in [0.1, 0.15) is 24.4 Å². The van der Waals surface area contributed by atoms with Gasteiger partial charge in [0.2, 0.25) is 5.91 Å². The van der Waals surface area contributed by atoms with Crippen LogP contribution in [0, 0.1) is 0 Å². The number of nitrogens with zero attached hydrogens (tertiary/aromatic N) is 1. The molecule has 0 saturated carbocycles. The van der Waals surface area contributed by atoms with Crippen molar-refractivity contribution in [2.75, 3.05) is 5.32 Å². The van der Waals surface area contributed by atoms with E-state index in [9.17, 15) is 9.59 Å². The zero-order chi connectivity index (χ0) is 11.4. The molecular weight excluding hydrogens is 216 g/mol. The van der Waals surface area contributed by atoms with E-state index in [0.29, 0.717) is 10.8 Å². The second-order valence-electron chi connectivity index (χ2n) is 2.99. The zero-order valence-corrected chi connectivity index (χ0v) is 9.35. The predicted octanol–water partition coefficient (Wildman–Crippen LogP) is 1.29. The zero-order valence-electron chi connectivity index (χ0n) is 8.53. The summed E-state index contributed by atoms with van der Waals surface area (Å²) in [6, 6.07) is 0. The van der Waals surface area contributed by atoms with E-state index in [1.807, 2.05) is 6.92 Å². The minimum Gasteiger partial charge on any atom is -0.481 e. The van der Waals surface area contributed by atoms with Crippen LogP contribution in [-0.2, 0) is 22.4 Å². The van der Waals surface area contributed by atoms with E-state index in [2.05, 4.69) is 10.3 Å². The first-order chi connectivity index (χ1) is 7.02. The van der Waals surface area contributed by atoms with E-state index < -0.39 is 5.97 Å². The SMILES string of the molecule is CCc1sc(NC(C)=O)nc1CC(=O)O. The molecule has 0 bridgehead atoms. The smallest absolute Gasteiger partial charge is 0.309 e. The standard InChI is InChI=1S/C9H12N2O3S/c1-3-7-6(4-8(13)14)11-9(15-7)10-5(2)12/h3-4H2,1-2H3,(H,13,14)(H,10,11,12). The Morgan fingerprint density at radius 1 is 1.53 bits per heavy atom. The van der Waals surface area contributed by atoms with Gasteiger partial charge < -0.3 is 10.4 Å². The molecule has 1 heterocycles. The molecule has 0 spiro atoms. The summed E-state index contributed by atoms with van der Waals surface area (Å²) in [5.74, 6) is -1.11. The predicted molar refractivity (Wildman–Crippen MR) is 57.1 cm³/mol. The monoisotopic (exact) mass is 228 g/mol. The van der Waals surface area contributed by atoms with Gasteiger partial charge >= 0.3 is 5.97 Å². The first kappa shape index (κ1) is 11.6. The van der Waals surface area contributed by atoms with E-state index in [0.717, 1.165) is 11.3 Å². The number of hydrogen-bond acceptors (Lipinski definition) is 4. The number of aryl methyl sites for hydroxylation is 1. The average Bonchev–Trinajstić information content (AvgIpc) is 2.45. The number of nitrogens with one attached hydrogen (secondary N) is 1. The number of hydrogen-bond donors (Lipinski definition) is 2. The minimum atomic E-state index is -0.913. The Kier molecular flexibility index (Phi) is 3.79. The average molecular weight is 228 g/mol. The van der Waals surface area contributed by atoms with E-state index in [1.54, 1.807) is 0 Å². The fourth-order valence-corrected chi connectivity index (χ4v) is 2.11. The summed E-state index contributed by atoms with van der Waals surface area (Å²) in [5.41, 5.74) is 0.541. The molecule has 0 aromatic carbocycles. The molecule has 15 heavy (non-hydrogen) atoms. The topological polar surface area (TPSA) is 79.3 Å². The van der Waals surface area contributed by atoms with Gasteiger partial charge in [-0.05, 0) is 6.42 Å². The van der Waals surface area contributed by atoms with E-state index in [1.165, 1.54) is 18.3 Å². The number of carboxylic acid groups (broad SMARTS) is 1. The van der Waals surface area contributed by atoms with Crippen molar-refractivity contribution < 1.29 is 14.7 Å². The summed E-state index contributed by atoms with van der Waals surface area (Å²) in [4.78, 5) is 26.3. The molecule has 0 saturated heterocycles. The van der Waals surface area contributed by atoms with Gasteiger partial charge in [-0.3, -0.25) is 9.59 Å². The number of anilines is 1. The Morgan fingerprint density at radius 3 is 2.67 bits per heavy atom. The van der Waals surface area contributed by atoms with Gasteiger partial charge in [-0.25, -0.2) is 4.98 Å². The van der Waals surface area contributed by atoms with Crippen molar-refractivity contribution in [3.8, 4) is 0 Å². The van der Waals surface area contributed by atoms with Crippen molar-refractivity contribution in [2.24, 2.45) is 0 Å². The lowest BCUT2D eigenvalue weighted by atomic mass is 10.2. The summed E-state index contributed by atoms with van der Waals surface area (Å²) in [7, 11) is 0. The van der Waals surface area contributed by atoms with Gasteiger partial charge in [-0.2, -0.15) is 0 Å². The van der Waals surface area contributed by atoms with Gasteiger partial charge in [-0.15, -0.1) is 11.3 Å². The van der Waals surface area contributed by atoms with Gasteiger partial charge in [-0.1, -0.05) is 6.92 Å². The van der Waals surface area contributed by atoms with Crippen molar-refractivity contribution in [2.45, 2.75) is 26.7 Å². The lowest BCUT2D eigenvalue weighted by Gasteiger charge is -1.93. The first-order valence-corrected chi connectivity index (χ1v) is 5.32. The number of rotatable bonds is 4. The van der Waals surface area contributed by atoms with Crippen molar-refractivity contribution in [3.05, 3.63) is 10.6 Å². The third kappa shape index (κ3) is 3.32. The van der Waals surface area contributed by atoms with Crippen molar-refractivity contribution in [3.63, 3.8) is 0 Å². The van der Waals surface area contributed by atoms with Gasteiger partial charge in [0.05, 0.1) is 12.1 Å². The second kappa shape index (κ2) is 4.88. The van der Waals surface area contributed by atoms with Crippen LogP contribution < -0.4 is 5.32 Å². The molecule has 0 unspecified atom stereocenters. The number of carbonyl (C=O) groups excluding carboxylic acids is 1. The number of carboxylic acids is 1. The third-order valence-corrected chi connectivity index (χ3v) is 2.86. The molecule has 0 radical (unpaired) electrons. The third-order valence-electron chi connectivity index (χ3n) is 1.70. The van der Waals surface area contributed by atoms with E-state index in [4.69, 9.17) is 5.11 Å². The van der Waals surface area contributed by atoms with Crippen LogP contribution in [0.15, 0.2) is 0 Å². The Hall–Kier alpha value is -1.43. The number of aromatic nitrogens is 1. The van der Waals surface area contributed by atoms with Crippen molar-refractivity contribution in [1.29, 1.82) is 0 Å². The fraction of sp³-hybridized carbons (Fsp3) is 0.444. The van der Waals surface area contributed by atoms with Crippen molar-refractivity contribution >= 4 is 28.3 Å². The summed E-state index contributed by atoms with van der Waals surface area (Å²) in [6.45, 7) is 3.32. The van der Waals surface area contributed by atoms with Gasteiger partial charge in [0.15, 0.2) is 5.13 Å². The molecule has 0 aliphatic heterocycles. The second-order valence-corrected chi connectivity index (χ2v) is 4.08. The summed E-state index contributed by atoms with van der Waals surface area (Å²) < 4.78 is 0. The molecule has 1 rings (SSSR count). The molecule has 1 amide bonds. The lowest BCUT2D eigenvalue weighted by molar-refractivity contribution is -0.136. The normalized spacial score (nSPS) is 10.0. The highest BCUT2D eigenvalue weighted by atomic mass is 32.1. The molecule has 6 heteroatoms.